The molecule has 0 bridgehead atoms. The van der Waals surface area contributed by atoms with Crippen LogP contribution in [0.5, 0.6) is 0 Å². The predicted octanol–water partition coefficient (Wildman–Crippen LogP) is 2.34. The van der Waals surface area contributed by atoms with Gasteiger partial charge in [0.15, 0.2) is 0 Å². The fraction of sp³-hybridized carbons (Fsp3) is 0.200. The van der Waals surface area contributed by atoms with Gasteiger partial charge in [-0.25, -0.2) is 9.18 Å². The van der Waals surface area contributed by atoms with Gasteiger partial charge in [0.25, 0.3) is 5.91 Å². The number of benzene rings is 1. The lowest BCUT2D eigenvalue weighted by molar-refractivity contribution is -0.146. The number of nitrogens with zero attached hydrogens (tertiary/aromatic N) is 1. The third-order valence-corrected chi connectivity index (χ3v) is 4.57. The zero-order chi connectivity index (χ0) is 17.9. The van der Waals surface area contributed by atoms with Gasteiger partial charge in [0.2, 0.25) is 0 Å². The number of amides is 1. The molecule has 1 aliphatic heterocycles. The molecule has 0 saturated carbocycles. The van der Waals surface area contributed by atoms with Crippen LogP contribution in [0.15, 0.2) is 29.2 Å². The summed E-state index contributed by atoms with van der Waals surface area (Å²) in [6.45, 7) is 0. The highest BCUT2D eigenvalue weighted by Crippen LogP contribution is 2.35. The van der Waals surface area contributed by atoms with Gasteiger partial charge in [0, 0.05) is 12.0 Å². The van der Waals surface area contributed by atoms with Gasteiger partial charge in [-0.15, -0.1) is 0 Å². The maximum Gasteiger partial charge on any atom is 0.326 e. The Balaban J connectivity index is 2.28. The maximum atomic E-state index is 13.7. The molecule has 1 heterocycles. The first-order valence-corrected chi connectivity index (χ1v) is 8.00. The minimum Gasteiger partial charge on any atom is -0.481 e. The molecule has 6 nitrogen and oxygen atoms in total. The van der Waals surface area contributed by atoms with Crippen molar-refractivity contribution in [2.75, 3.05) is 0 Å². The fourth-order valence-electron chi connectivity index (χ4n) is 2.11. The van der Waals surface area contributed by atoms with Crippen LogP contribution in [0.4, 0.5) is 4.39 Å². The van der Waals surface area contributed by atoms with Crippen LogP contribution in [-0.4, -0.2) is 43.3 Å². The van der Waals surface area contributed by atoms with Crippen LogP contribution in [0.3, 0.4) is 0 Å². The molecule has 1 atom stereocenters. The topological polar surface area (TPSA) is 94.9 Å². The van der Waals surface area contributed by atoms with Crippen molar-refractivity contribution < 1.29 is 29.0 Å². The second kappa shape index (κ2) is 7.54. The van der Waals surface area contributed by atoms with E-state index in [9.17, 15) is 23.9 Å². The van der Waals surface area contributed by atoms with Gasteiger partial charge in [-0.1, -0.05) is 42.2 Å². The SMILES string of the molecule is O=C(O)CCC(C(=O)O)N1C(=O)C(=Cc2ccccc2F)SC1=S. The largest absolute Gasteiger partial charge is 0.481 e. The minimum atomic E-state index is -1.37. The van der Waals surface area contributed by atoms with Gasteiger partial charge in [-0.05, 0) is 18.6 Å². The van der Waals surface area contributed by atoms with Crippen molar-refractivity contribution in [3.8, 4) is 0 Å². The van der Waals surface area contributed by atoms with E-state index >= 15 is 0 Å². The number of halogens is 1. The highest BCUT2D eigenvalue weighted by atomic mass is 32.2. The van der Waals surface area contributed by atoms with Gasteiger partial charge in [-0.3, -0.25) is 14.5 Å². The second-order valence-electron chi connectivity index (χ2n) is 4.86. The Bertz CT molecular complexity index is 749. The first kappa shape index (κ1) is 18.1. The highest BCUT2D eigenvalue weighted by molar-refractivity contribution is 8.26. The van der Waals surface area contributed by atoms with E-state index in [1.807, 2.05) is 0 Å². The number of carboxylic acid groups (broad SMARTS) is 2. The molecule has 1 aromatic carbocycles. The van der Waals surface area contributed by atoms with Crippen molar-refractivity contribution in [3.63, 3.8) is 0 Å². The Morgan fingerprint density at radius 1 is 1.33 bits per heavy atom. The average molecular weight is 369 g/mol. The van der Waals surface area contributed by atoms with E-state index < -0.39 is 36.1 Å². The Labute approximate surface area is 146 Å². The van der Waals surface area contributed by atoms with Gasteiger partial charge in [0.05, 0.1) is 4.91 Å². The molecule has 1 amide bonds. The molecule has 2 N–H and O–H groups in total. The van der Waals surface area contributed by atoms with Crippen molar-refractivity contribution in [2.24, 2.45) is 0 Å². The summed E-state index contributed by atoms with van der Waals surface area (Å²) in [4.78, 5) is 35.4. The van der Waals surface area contributed by atoms with E-state index in [0.717, 1.165) is 16.7 Å². The number of carbonyl (C=O) groups excluding carboxylic acids is 1. The molecule has 1 aromatic rings. The lowest BCUT2D eigenvalue weighted by atomic mass is 10.1. The smallest absolute Gasteiger partial charge is 0.326 e. The quantitative estimate of drug-likeness (QED) is 0.587. The summed E-state index contributed by atoms with van der Waals surface area (Å²) in [6.07, 6.45) is 0.606. The van der Waals surface area contributed by atoms with E-state index in [-0.39, 0.29) is 21.2 Å². The fourth-order valence-corrected chi connectivity index (χ4v) is 3.45. The molecular formula is C15H12FNO5S2. The predicted molar refractivity (Wildman–Crippen MR) is 89.7 cm³/mol. The van der Waals surface area contributed by atoms with Crippen molar-refractivity contribution in [2.45, 2.75) is 18.9 Å². The summed E-state index contributed by atoms with van der Waals surface area (Å²) in [5.41, 5.74) is 0.176. The van der Waals surface area contributed by atoms with E-state index in [4.69, 9.17) is 17.3 Å². The summed E-state index contributed by atoms with van der Waals surface area (Å²) in [7, 11) is 0. The van der Waals surface area contributed by atoms with Crippen LogP contribution in [0.1, 0.15) is 18.4 Å². The molecule has 1 unspecified atom stereocenters. The van der Waals surface area contributed by atoms with Crippen LogP contribution in [0.2, 0.25) is 0 Å². The number of thioether (sulfide) groups is 1. The van der Waals surface area contributed by atoms with Crippen LogP contribution in [0, 0.1) is 5.82 Å². The number of hydrogen-bond acceptors (Lipinski definition) is 5. The van der Waals surface area contributed by atoms with Crippen molar-refractivity contribution in [3.05, 3.63) is 40.6 Å². The molecule has 1 saturated heterocycles. The second-order valence-corrected chi connectivity index (χ2v) is 6.54. The van der Waals surface area contributed by atoms with E-state index in [0.29, 0.717) is 0 Å². The summed E-state index contributed by atoms with van der Waals surface area (Å²) in [5.74, 6) is -3.72. The monoisotopic (exact) mass is 369 g/mol. The first-order chi connectivity index (χ1) is 11.3. The Hall–Kier alpha value is -2.26. The molecule has 1 aliphatic rings. The number of rotatable bonds is 6. The molecule has 1 fully saturated rings. The highest BCUT2D eigenvalue weighted by Gasteiger charge is 2.40. The lowest BCUT2D eigenvalue weighted by Crippen LogP contribution is -2.44. The van der Waals surface area contributed by atoms with Gasteiger partial charge >= 0.3 is 11.9 Å². The first-order valence-electron chi connectivity index (χ1n) is 6.77. The molecule has 9 heteroatoms. The minimum absolute atomic E-state index is 0.000350. The number of carboxylic acids is 2. The van der Waals surface area contributed by atoms with Gasteiger partial charge in [0.1, 0.15) is 16.2 Å². The summed E-state index contributed by atoms with van der Waals surface area (Å²) in [5, 5.41) is 18.0. The normalized spacial score (nSPS) is 17.4. The Morgan fingerprint density at radius 3 is 2.58 bits per heavy atom. The molecule has 126 valence electrons. The number of hydrogen-bond donors (Lipinski definition) is 2. The van der Waals surface area contributed by atoms with Crippen LogP contribution in [0.25, 0.3) is 6.08 Å². The number of carbonyl (C=O) groups is 3. The summed E-state index contributed by atoms with van der Waals surface area (Å²) in [6, 6.07) is 4.44. The molecule has 24 heavy (non-hydrogen) atoms. The molecule has 0 spiro atoms. The Kier molecular flexibility index (Phi) is 5.68. The third-order valence-electron chi connectivity index (χ3n) is 3.24. The molecule has 2 rings (SSSR count). The van der Waals surface area contributed by atoms with Gasteiger partial charge in [-0.2, -0.15) is 0 Å². The Morgan fingerprint density at radius 2 is 2.00 bits per heavy atom. The van der Waals surface area contributed by atoms with Crippen LogP contribution >= 0.6 is 24.0 Å². The zero-order valence-electron chi connectivity index (χ0n) is 12.1. The lowest BCUT2D eigenvalue weighted by Gasteiger charge is -2.22. The van der Waals surface area contributed by atoms with Crippen molar-refractivity contribution in [1.82, 2.24) is 4.90 Å². The zero-order valence-corrected chi connectivity index (χ0v) is 13.8. The van der Waals surface area contributed by atoms with Crippen LogP contribution < -0.4 is 0 Å². The molecule has 0 radical (unpaired) electrons. The van der Waals surface area contributed by atoms with Crippen molar-refractivity contribution >= 4 is 52.2 Å². The third kappa shape index (κ3) is 3.98. The van der Waals surface area contributed by atoms with Crippen molar-refractivity contribution in [1.29, 1.82) is 0 Å². The average Bonchev–Trinajstić information content (AvgIpc) is 2.77. The van der Waals surface area contributed by atoms with E-state index in [1.165, 1.54) is 24.3 Å². The van der Waals surface area contributed by atoms with E-state index in [2.05, 4.69) is 0 Å². The van der Waals surface area contributed by atoms with E-state index in [1.54, 1.807) is 6.07 Å². The number of aliphatic carboxylic acids is 2. The molecular weight excluding hydrogens is 357 g/mol. The summed E-state index contributed by atoms with van der Waals surface area (Å²) >= 11 is 5.90. The van der Waals surface area contributed by atoms with Crippen LogP contribution in [-0.2, 0) is 14.4 Å². The molecule has 0 aliphatic carbocycles. The summed E-state index contributed by atoms with van der Waals surface area (Å²) < 4.78 is 13.7. The maximum absolute atomic E-state index is 13.7. The number of thiocarbonyl (C=S) groups is 1. The van der Waals surface area contributed by atoms with Gasteiger partial charge < -0.3 is 10.2 Å². The standard InChI is InChI=1S/C15H12FNO5S2/c16-9-4-2-1-3-8(9)7-11-13(20)17(15(23)24-11)10(14(21)22)5-6-12(18)19/h1-4,7,10H,5-6H2,(H,18,19)(H,21,22). The molecule has 0 aromatic heterocycles.